The molecule has 1 atom stereocenters. The smallest absolute Gasteiger partial charge is 0.248 e. The van der Waals surface area contributed by atoms with E-state index in [0.717, 1.165) is 34.5 Å². The van der Waals surface area contributed by atoms with Crippen LogP contribution in [-0.2, 0) is 9.53 Å². The van der Waals surface area contributed by atoms with Crippen molar-refractivity contribution in [3.63, 3.8) is 0 Å². The topological polar surface area (TPSA) is 80.2 Å². The summed E-state index contributed by atoms with van der Waals surface area (Å²) in [5, 5.41) is 4.06. The Morgan fingerprint density at radius 3 is 3.00 bits per heavy atom. The van der Waals surface area contributed by atoms with Crippen LogP contribution in [0.15, 0.2) is 12.3 Å². The SMILES string of the molecule is COCC(=O)N1CC[C@H](c2cc(Nc3ncc(C)s3)nc(C)n2)C1. The predicted molar refractivity (Wildman–Crippen MR) is 92.7 cm³/mol. The highest BCUT2D eigenvalue weighted by Gasteiger charge is 2.28. The summed E-state index contributed by atoms with van der Waals surface area (Å²) in [5.41, 5.74) is 0.964. The number of anilines is 2. The number of amides is 1. The maximum absolute atomic E-state index is 11.9. The third kappa shape index (κ3) is 3.88. The van der Waals surface area contributed by atoms with E-state index in [1.54, 1.807) is 11.3 Å². The highest BCUT2D eigenvalue weighted by molar-refractivity contribution is 7.15. The van der Waals surface area contributed by atoms with Crippen molar-refractivity contribution in [3.05, 3.63) is 28.7 Å². The van der Waals surface area contributed by atoms with Gasteiger partial charge in [-0.15, -0.1) is 11.3 Å². The molecular formula is C16H21N5O2S. The molecule has 1 saturated heterocycles. The molecule has 2 aromatic heterocycles. The van der Waals surface area contributed by atoms with E-state index in [1.807, 2.05) is 31.0 Å². The number of hydrogen-bond donors (Lipinski definition) is 1. The van der Waals surface area contributed by atoms with Crippen LogP contribution in [0.1, 0.15) is 28.7 Å². The highest BCUT2D eigenvalue weighted by Crippen LogP contribution is 2.28. The molecule has 0 spiro atoms. The normalized spacial score (nSPS) is 17.3. The number of thiazole rings is 1. The molecule has 3 rings (SSSR count). The molecule has 2 aromatic rings. The van der Waals surface area contributed by atoms with Crippen LogP contribution in [0.2, 0.25) is 0 Å². The number of carbonyl (C=O) groups is 1. The minimum absolute atomic E-state index is 0.0300. The van der Waals surface area contributed by atoms with Gasteiger partial charge in [0.25, 0.3) is 0 Å². The Hall–Kier alpha value is -2.06. The molecule has 1 aliphatic heterocycles. The summed E-state index contributed by atoms with van der Waals surface area (Å²) < 4.78 is 4.93. The van der Waals surface area contributed by atoms with Gasteiger partial charge in [-0.1, -0.05) is 0 Å². The van der Waals surface area contributed by atoms with Crippen molar-refractivity contribution in [1.82, 2.24) is 19.9 Å². The number of hydrogen-bond acceptors (Lipinski definition) is 7. The lowest BCUT2D eigenvalue weighted by Crippen LogP contribution is -2.31. The van der Waals surface area contributed by atoms with Gasteiger partial charge in [0.15, 0.2) is 5.13 Å². The van der Waals surface area contributed by atoms with E-state index in [0.29, 0.717) is 12.4 Å². The Morgan fingerprint density at radius 1 is 1.46 bits per heavy atom. The molecule has 8 heteroatoms. The van der Waals surface area contributed by atoms with Gasteiger partial charge in [0.05, 0.1) is 5.69 Å². The van der Waals surface area contributed by atoms with Crippen molar-refractivity contribution in [2.24, 2.45) is 0 Å². The van der Waals surface area contributed by atoms with Crippen LogP contribution in [0.3, 0.4) is 0 Å². The van der Waals surface area contributed by atoms with Gasteiger partial charge in [-0.2, -0.15) is 0 Å². The maximum Gasteiger partial charge on any atom is 0.248 e. The molecule has 1 aliphatic rings. The first kappa shape index (κ1) is 16.8. The van der Waals surface area contributed by atoms with Gasteiger partial charge >= 0.3 is 0 Å². The van der Waals surface area contributed by atoms with E-state index in [2.05, 4.69) is 20.3 Å². The van der Waals surface area contributed by atoms with Crippen LogP contribution in [0, 0.1) is 13.8 Å². The summed E-state index contributed by atoms with van der Waals surface area (Å²) in [5.74, 6) is 1.71. The first-order chi connectivity index (χ1) is 11.5. The monoisotopic (exact) mass is 347 g/mol. The van der Waals surface area contributed by atoms with Crippen molar-refractivity contribution in [1.29, 1.82) is 0 Å². The molecule has 1 amide bonds. The number of rotatable bonds is 5. The molecular weight excluding hydrogens is 326 g/mol. The fourth-order valence-electron chi connectivity index (χ4n) is 2.83. The van der Waals surface area contributed by atoms with Crippen LogP contribution in [-0.4, -0.2) is 52.6 Å². The average molecular weight is 347 g/mol. The third-order valence-corrected chi connectivity index (χ3v) is 4.77. The van der Waals surface area contributed by atoms with Crippen LogP contribution < -0.4 is 5.32 Å². The molecule has 1 fully saturated rings. The van der Waals surface area contributed by atoms with E-state index in [-0.39, 0.29) is 18.4 Å². The molecule has 128 valence electrons. The van der Waals surface area contributed by atoms with Crippen LogP contribution in [0.4, 0.5) is 10.9 Å². The fourth-order valence-corrected chi connectivity index (χ4v) is 3.50. The van der Waals surface area contributed by atoms with Crippen LogP contribution >= 0.6 is 11.3 Å². The zero-order valence-electron chi connectivity index (χ0n) is 14.1. The minimum Gasteiger partial charge on any atom is -0.375 e. The van der Waals surface area contributed by atoms with Gasteiger partial charge in [0, 0.05) is 43.3 Å². The second-order valence-corrected chi connectivity index (χ2v) is 7.12. The number of nitrogens with one attached hydrogen (secondary N) is 1. The quantitative estimate of drug-likeness (QED) is 0.893. The number of carbonyl (C=O) groups excluding carboxylic acids is 1. The van der Waals surface area contributed by atoms with Crippen molar-refractivity contribution >= 4 is 28.2 Å². The Bertz CT molecular complexity index is 733. The number of ether oxygens (including phenoxy) is 1. The Balaban J connectivity index is 1.73. The second kappa shape index (κ2) is 7.23. The lowest BCUT2D eigenvalue weighted by atomic mass is 10.0. The number of aryl methyl sites for hydroxylation is 2. The summed E-state index contributed by atoms with van der Waals surface area (Å²) >= 11 is 1.59. The number of methoxy groups -OCH3 is 1. The Morgan fingerprint density at radius 2 is 2.29 bits per heavy atom. The minimum atomic E-state index is 0.0300. The van der Waals surface area contributed by atoms with Crippen molar-refractivity contribution in [2.45, 2.75) is 26.2 Å². The molecule has 3 heterocycles. The number of aromatic nitrogens is 3. The first-order valence-corrected chi connectivity index (χ1v) is 8.68. The lowest BCUT2D eigenvalue weighted by Gasteiger charge is -2.16. The summed E-state index contributed by atoms with van der Waals surface area (Å²) in [6.45, 7) is 5.44. The van der Waals surface area contributed by atoms with E-state index in [9.17, 15) is 4.79 Å². The molecule has 0 radical (unpaired) electrons. The van der Waals surface area contributed by atoms with Gasteiger partial charge in [-0.25, -0.2) is 15.0 Å². The highest BCUT2D eigenvalue weighted by atomic mass is 32.1. The van der Waals surface area contributed by atoms with Crippen molar-refractivity contribution in [2.75, 3.05) is 32.1 Å². The van der Waals surface area contributed by atoms with E-state index in [4.69, 9.17) is 4.74 Å². The molecule has 0 unspecified atom stereocenters. The summed E-state index contributed by atoms with van der Waals surface area (Å²) in [6.07, 6.45) is 2.74. The van der Waals surface area contributed by atoms with Crippen molar-refractivity contribution in [3.8, 4) is 0 Å². The number of nitrogens with zero attached hydrogens (tertiary/aromatic N) is 4. The second-order valence-electron chi connectivity index (χ2n) is 5.88. The van der Waals surface area contributed by atoms with Gasteiger partial charge < -0.3 is 15.0 Å². The van der Waals surface area contributed by atoms with Crippen molar-refractivity contribution < 1.29 is 9.53 Å². The molecule has 0 bridgehead atoms. The van der Waals surface area contributed by atoms with E-state index < -0.39 is 0 Å². The fraction of sp³-hybridized carbons (Fsp3) is 0.500. The summed E-state index contributed by atoms with van der Waals surface area (Å²) in [6, 6.07) is 1.96. The van der Waals surface area contributed by atoms with E-state index >= 15 is 0 Å². The van der Waals surface area contributed by atoms with Gasteiger partial charge in [0.1, 0.15) is 18.2 Å². The number of likely N-dealkylation sites (tertiary alicyclic amines) is 1. The molecule has 7 nitrogen and oxygen atoms in total. The summed E-state index contributed by atoms with van der Waals surface area (Å²) in [4.78, 5) is 28.2. The largest absolute Gasteiger partial charge is 0.375 e. The zero-order chi connectivity index (χ0) is 17.1. The van der Waals surface area contributed by atoms with E-state index in [1.165, 1.54) is 7.11 Å². The third-order valence-electron chi connectivity index (χ3n) is 3.94. The zero-order valence-corrected chi connectivity index (χ0v) is 14.9. The standard InChI is InChI=1S/C16H21N5O2S/c1-10-7-17-16(24-10)20-14-6-13(18-11(2)19-14)12-4-5-21(8-12)15(22)9-23-3/h6-7,12H,4-5,8-9H2,1-3H3,(H,17,18,19,20)/t12-/m0/s1. The average Bonchev–Trinajstić information content (AvgIpc) is 3.16. The van der Waals surface area contributed by atoms with Gasteiger partial charge in [-0.3, -0.25) is 4.79 Å². The van der Waals surface area contributed by atoms with Gasteiger partial charge in [-0.05, 0) is 20.3 Å². The van der Waals surface area contributed by atoms with Crippen LogP contribution in [0.25, 0.3) is 0 Å². The maximum atomic E-state index is 11.9. The molecule has 1 N–H and O–H groups in total. The molecule has 0 aliphatic carbocycles. The first-order valence-electron chi connectivity index (χ1n) is 7.87. The van der Waals surface area contributed by atoms with Crippen LogP contribution in [0.5, 0.6) is 0 Å². The Kier molecular flexibility index (Phi) is 5.06. The molecule has 0 saturated carbocycles. The lowest BCUT2D eigenvalue weighted by molar-refractivity contribution is -0.134. The molecule has 24 heavy (non-hydrogen) atoms. The van der Waals surface area contributed by atoms with Gasteiger partial charge in [0.2, 0.25) is 5.91 Å². The predicted octanol–water partition coefficient (Wildman–Crippen LogP) is 2.26. The Labute approximate surface area is 145 Å². The summed E-state index contributed by atoms with van der Waals surface area (Å²) in [7, 11) is 1.54. The molecule has 0 aromatic carbocycles.